The topological polar surface area (TPSA) is 33.1 Å². The van der Waals surface area contributed by atoms with Crippen LogP contribution in [0.25, 0.3) is 10.6 Å². The van der Waals surface area contributed by atoms with E-state index in [4.69, 9.17) is 11.6 Å². The van der Waals surface area contributed by atoms with E-state index >= 15 is 0 Å². The number of rotatable bonds is 1. The van der Waals surface area contributed by atoms with Gasteiger partial charge in [0, 0.05) is 21.9 Å². The van der Waals surface area contributed by atoms with E-state index in [1.54, 1.807) is 11.3 Å². The van der Waals surface area contributed by atoms with Gasteiger partial charge >= 0.3 is 0 Å². The molecule has 2 nitrogen and oxygen atoms in total. The van der Waals surface area contributed by atoms with Crippen molar-refractivity contribution < 1.29 is 5.11 Å². The highest BCUT2D eigenvalue weighted by Crippen LogP contribution is 2.33. The van der Waals surface area contributed by atoms with Gasteiger partial charge in [-0.1, -0.05) is 23.7 Å². The molecule has 1 unspecified atom stereocenters. The summed E-state index contributed by atoms with van der Waals surface area (Å²) in [5, 5.41) is 11.4. The number of benzene rings is 1. The van der Waals surface area contributed by atoms with Gasteiger partial charge in [0.1, 0.15) is 5.01 Å². The standard InChI is InChI=1S/C13H12ClNOS/c14-9-3-1-8(2-4-9)13-15-11-6-5-10(16)7-12(11)17-13/h1-4,10,16H,5-7H2. The molecule has 0 spiro atoms. The van der Waals surface area contributed by atoms with E-state index in [2.05, 4.69) is 4.98 Å². The SMILES string of the molecule is OC1CCc2nc(-c3ccc(Cl)cc3)sc2C1. The van der Waals surface area contributed by atoms with Gasteiger partial charge in [0.25, 0.3) is 0 Å². The molecule has 4 heteroatoms. The Hall–Kier alpha value is -0.900. The number of nitrogens with zero attached hydrogens (tertiary/aromatic N) is 1. The summed E-state index contributed by atoms with van der Waals surface area (Å²) in [6, 6.07) is 7.74. The molecular formula is C13H12ClNOS. The number of aliphatic hydroxyl groups excluding tert-OH is 1. The fraction of sp³-hybridized carbons (Fsp3) is 0.308. The minimum absolute atomic E-state index is 0.194. The highest BCUT2D eigenvalue weighted by atomic mass is 35.5. The average Bonchev–Trinajstić information content (AvgIpc) is 2.72. The molecule has 1 aromatic heterocycles. The number of aryl methyl sites for hydroxylation is 1. The molecule has 0 aliphatic heterocycles. The lowest BCUT2D eigenvalue weighted by Gasteiger charge is -2.14. The van der Waals surface area contributed by atoms with Crippen molar-refractivity contribution in [3.8, 4) is 10.6 Å². The molecule has 0 saturated heterocycles. The fourth-order valence-corrected chi connectivity index (χ4v) is 3.38. The number of aliphatic hydroxyl groups is 1. The van der Waals surface area contributed by atoms with Crippen molar-refractivity contribution in [2.75, 3.05) is 0 Å². The first kappa shape index (κ1) is 11.2. The predicted octanol–water partition coefficient (Wildman–Crippen LogP) is 3.31. The lowest BCUT2D eigenvalue weighted by atomic mass is 10.0. The number of aromatic nitrogens is 1. The van der Waals surface area contributed by atoms with Crippen LogP contribution in [0.15, 0.2) is 24.3 Å². The summed E-state index contributed by atoms with van der Waals surface area (Å²) in [5.41, 5.74) is 2.26. The summed E-state index contributed by atoms with van der Waals surface area (Å²) >= 11 is 7.55. The molecule has 1 heterocycles. The van der Waals surface area contributed by atoms with Gasteiger partial charge in [-0.15, -0.1) is 11.3 Å². The van der Waals surface area contributed by atoms with E-state index in [-0.39, 0.29) is 6.10 Å². The van der Waals surface area contributed by atoms with E-state index < -0.39 is 0 Å². The highest BCUT2D eigenvalue weighted by Gasteiger charge is 2.21. The molecule has 2 aromatic rings. The first-order valence-corrected chi connectivity index (χ1v) is 6.84. The zero-order valence-electron chi connectivity index (χ0n) is 9.19. The van der Waals surface area contributed by atoms with Crippen LogP contribution in [-0.2, 0) is 12.8 Å². The van der Waals surface area contributed by atoms with Crippen molar-refractivity contribution in [2.24, 2.45) is 0 Å². The van der Waals surface area contributed by atoms with Gasteiger partial charge in [-0.2, -0.15) is 0 Å². The monoisotopic (exact) mass is 265 g/mol. The van der Waals surface area contributed by atoms with Crippen LogP contribution in [0.3, 0.4) is 0 Å². The smallest absolute Gasteiger partial charge is 0.123 e. The minimum atomic E-state index is -0.194. The summed E-state index contributed by atoms with van der Waals surface area (Å²) in [7, 11) is 0. The molecule has 1 aliphatic carbocycles. The van der Waals surface area contributed by atoms with Gasteiger partial charge < -0.3 is 5.11 Å². The molecule has 0 fully saturated rings. The van der Waals surface area contributed by atoms with Crippen molar-refractivity contribution >= 4 is 22.9 Å². The zero-order chi connectivity index (χ0) is 11.8. The highest BCUT2D eigenvalue weighted by molar-refractivity contribution is 7.15. The Morgan fingerprint density at radius 2 is 2.06 bits per heavy atom. The summed E-state index contributed by atoms with van der Waals surface area (Å²) in [6.07, 6.45) is 2.28. The molecule has 1 aromatic carbocycles. The number of hydrogen-bond donors (Lipinski definition) is 1. The average molecular weight is 266 g/mol. The molecule has 0 radical (unpaired) electrons. The zero-order valence-corrected chi connectivity index (χ0v) is 10.8. The van der Waals surface area contributed by atoms with Crippen LogP contribution >= 0.6 is 22.9 Å². The maximum absolute atomic E-state index is 9.63. The van der Waals surface area contributed by atoms with Crippen LogP contribution in [0.4, 0.5) is 0 Å². The quantitative estimate of drug-likeness (QED) is 0.858. The number of hydrogen-bond acceptors (Lipinski definition) is 3. The van der Waals surface area contributed by atoms with E-state index in [1.165, 1.54) is 4.88 Å². The Morgan fingerprint density at radius 1 is 1.29 bits per heavy atom. The van der Waals surface area contributed by atoms with E-state index in [1.807, 2.05) is 24.3 Å². The molecule has 0 amide bonds. The van der Waals surface area contributed by atoms with Crippen molar-refractivity contribution in [3.63, 3.8) is 0 Å². The molecule has 0 saturated carbocycles. The van der Waals surface area contributed by atoms with Gasteiger partial charge in [-0.25, -0.2) is 4.98 Å². The Balaban J connectivity index is 1.97. The third-order valence-electron chi connectivity index (χ3n) is 3.00. The third-order valence-corrected chi connectivity index (χ3v) is 4.43. The first-order chi connectivity index (χ1) is 8.22. The summed E-state index contributed by atoms with van der Waals surface area (Å²) in [4.78, 5) is 5.88. The summed E-state index contributed by atoms with van der Waals surface area (Å²) in [6.45, 7) is 0. The second-order valence-corrected chi connectivity index (χ2v) is 5.81. The first-order valence-electron chi connectivity index (χ1n) is 5.65. The largest absolute Gasteiger partial charge is 0.393 e. The third kappa shape index (κ3) is 2.23. The molecule has 0 bridgehead atoms. The van der Waals surface area contributed by atoms with Gasteiger partial charge in [0.15, 0.2) is 0 Å². The maximum Gasteiger partial charge on any atom is 0.123 e. The fourth-order valence-electron chi connectivity index (χ4n) is 2.07. The molecule has 3 rings (SSSR count). The lowest BCUT2D eigenvalue weighted by molar-refractivity contribution is 0.159. The molecule has 1 aliphatic rings. The normalized spacial score (nSPS) is 19.1. The molecule has 1 atom stereocenters. The van der Waals surface area contributed by atoms with Crippen LogP contribution in [0.2, 0.25) is 5.02 Å². The Labute approximate surface area is 109 Å². The van der Waals surface area contributed by atoms with Crippen LogP contribution in [0, 0.1) is 0 Å². The minimum Gasteiger partial charge on any atom is -0.393 e. The number of fused-ring (bicyclic) bond motifs is 1. The van der Waals surface area contributed by atoms with Crippen molar-refractivity contribution in [1.29, 1.82) is 0 Å². The van der Waals surface area contributed by atoms with Gasteiger partial charge in [0.05, 0.1) is 11.8 Å². The van der Waals surface area contributed by atoms with Gasteiger partial charge in [-0.3, -0.25) is 0 Å². The van der Waals surface area contributed by atoms with E-state index in [0.29, 0.717) is 0 Å². The van der Waals surface area contributed by atoms with Crippen LogP contribution in [0.5, 0.6) is 0 Å². The molecule has 17 heavy (non-hydrogen) atoms. The Morgan fingerprint density at radius 3 is 2.82 bits per heavy atom. The van der Waals surface area contributed by atoms with Crippen LogP contribution in [0.1, 0.15) is 17.0 Å². The Bertz CT molecular complexity index is 535. The number of halogens is 1. The number of thiazole rings is 1. The molecular weight excluding hydrogens is 254 g/mol. The van der Waals surface area contributed by atoms with Crippen molar-refractivity contribution in [3.05, 3.63) is 39.9 Å². The predicted molar refractivity (Wildman–Crippen MR) is 70.6 cm³/mol. The van der Waals surface area contributed by atoms with Gasteiger partial charge in [0.2, 0.25) is 0 Å². The molecule has 1 N–H and O–H groups in total. The van der Waals surface area contributed by atoms with Crippen molar-refractivity contribution in [2.45, 2.75) is 25.4 Å². The van der Waals surface area contributed by atoms with Crippen LogP contribution < -0.4 is 0 Å². The second-order valence-electron chi connectivity index (χ2n) is 4.29. The van der Waals surface area contributed by atoms with E-state index in [0.717, 1.165) is 40.6 Å². The summed E-state index contributed by atoms with van der Waals surface area (Å²) < 4.78 is 0. The van der Waals surface area contributed by atoms with E-state index in [9.17, 15) is 5.11 Å². The second kappa shape index (κ2) is 4.41. The van der Waals surface area contributed by atoms with Crippen LogP contribution in [-0.4, -0.2) is 16.2 Å². The van der Waals surface area contributed by atoms with Gasteiger partial charge in [-0.05, 0) is 25.0 Å². The summed E-state index contributed by atoms with van der Waals surface area (Å²) in [5.74, 6) is 0. The lowest BCUT2D eigenvalue weighted by Crippen LogP contribution is -2.17. The maximum atomic E-state index is 9.63. The Kier molecular flexibility index (Phi) is 2.90. The van der Waals surface area contributed by atoms with Crippen molar-refractivity contribution in [1.82, 2.24) is 4.98 Å². The molecule has 88 valence electrons.